The van der Waals surface area contributed by atoms with Crippen molar-refractivity contribution in [2.24, 2.45) is 17.8 Å². The quantitative estimate of drug-likeness (QED) is 0.187. The van der Waals surface area contributed by atoms with Crippen molar-refractivity contribution in [1.29, 1.82) is 0 Å². The molecule has 0 heterocycles. The van der Waals surface area contributed by atoms with Crippen molar-refractivity contribution in [2.45, 2.75) is 135 Å². The van der Waals surface area contributed by atoms with Gasteiger partial charge in [-0.2, -0.15) is 0 Å². The van der Waals surface area contributed by atoms with E-state index in [0.29, 0.717) is 0 Å². The molecule has 0 amide bonds. The standard InChI is InChI=1S/C24H57O3Si6/c1-28(2)25-31(7,8)18-15-22-13-14-23(16-19-32(9,10)26-29(3)4)24(21-22)17-20-33(11,12)27-30(5)6/h22-24H,13-21H2,1-12H3. The molecule has 0 spiro atoms. The molecule has 1 aliphatic rings. The Kier molecular flexibility index (Phi) is 13.9. The van der Waals surface area contributed by atoms with Crippen molar-refractivity contribution in [3.8, 4) is 0 Å². The maximum Gasteiger partial charge on any atom is 0.191 e. The van der Waals surface area contributed by atoms with Crippen LogP contribution in [0, 0.1) is 17.8 Å². The van der Waals surface area contributed by atoms with Crippen LogP contribution in [-0.2, 0) is 12.3 Å². The summed E-state index contributed by atoms with van der Waals surface area (Å²) in [4.78, 5) is 0. The molecule has 1 aliphatic carbocycles. The van der Waals surface area contributed by atoms with E-state index in [2.05, 4.69) is 78.6 Å². The van der Waals surface area contributed by atoms with Gasteiger partial charge in [-0.15, -0.1) is 0 Å². The highest BCUT2D eigenvalue weighted by atomic mass is 28.4. The molecule has 1 saturated carbocycles. The van der Waals surface area contributed by atoms with Crippen molar-refractivity contribution in [1.82, 2.24) is 0 Å². The van der Waals surface area contributed by atoms with E-state index in [1.807, 2.05) is 0 Å². The largest absolute Gasteiger partial charge is 0.456 e. The lowest BCUT2D eigenvalue weighted by molar-refractivity contribution is 0.164. The molecule has 9 heteroatoms. The molecule has 0 aromatic carbocycles. The molecule has 0 saturated heterocycles. The van der Waals surface area contributed by atoms with Crippen LogP contribution in [0.5, 0.6) is 0 Å². The molecule has 3 nitrogen and oxygen atoms in total. The number of hydrogen-bond donors (Lipinski definition) is 0. The summed E-state index contributed by atoms with van der Waals surface area (Å²) >= 11 is 0. The second kappa shape index (κ2) is 14.2. The SMILES string of the molecule is C[Si](C)O[Si](C)(C)CCC1CCC(CC[Si](C)(C)O[Si](C)C)C(CC[Si](C)(C)O[Si](C)C)C1. The van der Waals surface area contributed by atoms with Gasteiger partial charge in [-0.3, -0.25) is 0 Å². The van der Waals surface area contributed by atoms with Gasteiger partial charge < -0.3 is 12.3 Å². The van der Waals surface area contributed by atoms with Crippen molar-refractivity contribution in [2.75, 3.05) is 0 Å². The Morgan fingerprint density at radius 1 is 0.545 bits per heavy atom. The molecule has 3 atom stereocenters. The van der Waals surface area contributed by atoms with E-state index in [1.54, 1.807) is 0 Å². The molecule has 195 valence electrons. The normalized spacial score (nSPS) is 23.2. The smallest absolute Gasteiger partial charge is 0.191 e. The predicted octanol–water partition coefficient (Wildman–Crippen LogP) is 8.61. The second-order valence-electron chi connectivity index (χ2n) is 13.1. The van der Waals surface area contributed by atoms with Crippen molar-refractivity contribution in [3.05, 3.63) is 0 Å². The van der Waals surface area contributed by atoms with Gasteiger partial charge in [0.2, 0.25) is 0 Å². The van der Waals surface area contributed by atoms with Crippen molar-refractivity contribution < 1.29 is 12.3 Å². The summed E-state index contributed by atoms with van der Waals surface area (Å²) in [5.74, 6) is 2.71. The lowest BCUT2D eigenvalue weighted by atomic mass is 9.71. The Morgan fingerprint density at radius 3 is 1.30 bits per heavy atom. The first-order chi connectivity index (χ1) is 15.0. The molecule has 1 rings (SSSR count). The fourth-order valence-electron chi connectivity index (χ4n) is 5.85. The third-order valence-electron chi connectivity index (χ3n) is 7.08. The third kappa shape index (κ3) is 14.5. The van der Waals surface area contributed by atoms with E-state index in [4.69, 9.17) is 12.3 Å². The predicted molar refractivity (Wildman–Crippen MR) is 161 cm³/mol. The van der Waals surface area contributed by atoms with Crippen LogP contribution in [0.4, 0.5) is 0 Å². The summed E-state index contributed by atoms with van der Waals surface area (Å²) in [5.41, 5.74) is 0. The highest BCUT2D eigenvalue weighted by Gasteiger charge is 2.36. The van der Waals surface area contributed by atoms with E-state index in [1.165, 1.54) is 56.7 Å². The van der Waals surface area contributed by atoms with Gasteiger partial charge in [-0.05, 0) is 127 Å². The number of hydrogen-bond acceptors (Lipinski definition) is 3. The fourth-order valence-corrected chi connectivity index (χ4v) is 23.6. The highest BCUT2D eigenvalue weighted by Crippen LogP contribution is 2.43. The Balaban J connectivity index is 2.77. The average molecular weight is 562 g/mol. The molecular weight excluding hydrogens is 505 g/mol. The van der Waals surface area contributed by atoms with E-state index in [0.717, 1.165) is 17.8 Å². The Bertz CT molecular complexity index is 554. The Hall–Kier alpha value is 1.18. The second-order valence-corrected chi connectivity index (χ2v) is 33.1. The van der Waals surface area contributed by atoms with Gasteiger partial charge in [0.25, 0.3) is 0 Å². The van der Waals surface area contributed by atoms with Crippen LogP contribution in [0.2, 0.25) is 96.7 Å². The van der Waals surface area contributed by atoms with Crippen molar-refractivity contribution >= 4 is 52.1 Å². The lowest BCUT2D eigenvalue weighted by Crippen LogP contribution is -2.38. The molecule has 0 N–H and O–H groups in total. The van der Waals surface area contributed by atoms with E-state index < -0.39 is 52.1 Å². The lowest BCUT2D eigenvalue weighted by Gasteiger charge is -2.40. The first kappa shape index (κ1) is 32.2. The van der Waals surface area contributed by atoms with Crippen molar-refractivity contribution in [3.63, 3.8) is 0 Å². The molecule has 0 bridgehead atoms. The summed E-state index contributed by atoms with van der Waals surface area (Å²) in [6.45, 7) is 28.5. The first-order valence-electron chi connectivity index (χ1n) is 13.5. The third-order valence-corrected chi connectivity index (χ3v) is 23.1. The molecule has 3 unspecified atom stereocenters. The van der Waals surface area contributed by atoms with Gasteiger partial charge in [0, 0.05) is 0 Å². The maximum atomic E-state index is 6.50. The van der Waals surface area contributed by atoms with Crippen LogP contribution >= 0.6 is 0 Å². The van der Waals surface area contributed by atoms with Gasteiger partial charge in [0.15, 0.2) is 52.1 Å². The van der Waals surface area contributed by atoms with Crippen LogP contribution in [0.15, 0.2) is 0 Å². The van der Waals surface area contributed by atoms with Crippen LogP contribution in [0.1, 0.15) is 38.5 Å². The summed E-state index contributed by atoms with van der Waals surface area (Å²) in [7, 11) is -6.28. The number of rotatable bonds is 15. The van der Waals surface area contributed by atoms with E-state index >= 15 is 0 Å². The minimum Gasteiger partial charge on any atom is -0.456 e. The molecule has 0 aromatic heterocycles. The van der Waals surface area contributed by atoms with Crippen LogP contribution < -0.4 is 0 Å². The average Bonchev–Trinajstić information content (AvgIpc) is 2.60. The van der Waals surface area contributed by atoms with Gasteiger partial charge in [-0.25, -0.2) is 0 Å². The Morgan fingerprint density at radius 2 is 0.909 bits per heavy atom. The van der Waals surface area contributed by atoms with Crippen LogP contribution in [-0.4, -0.2) is 52.1 Å². The first-order valence-corrected chi connectivity index (χ1v) is 30.0. The molecule has 1 fully saturated rings. The van der Waals surface area contributed by atoms with Gasteiger partial charge in [0.05, 0.1) is 0 Å². The van der Waals surface area contributed by atoms with E-state index in [-0.39, 0.29) is 0 Å². The van der Waals surface area contributed by atoms with E-state index in [9.17, 15) is 0 Å². The molecule has 33 heavy (non-hydrogen) atoms. The zero-order chi connectivity index (χ0) is 25.4. The summed E-state index contributed by atoms with van der Waals surface area (Å²) in [5, 5.41) is 0. The zero-order valence-corrected chi connectivity index (χ0v) is 30.3. The summed E-state index contributed by atoms with van der Waals surface area (Å²) < 4.78 is 19.4. The van der Waals surface area contributed by atoms with Gasteiger partial charge in [0.1, 0.15) is 0 Å². The minimum atomic E-state index is -1.53. The maximum absolute atomic E-state index is 6.50. The van der Waals surface area contributed by atoms with Gasteiger partial charge in [-0.1, -0.05) is 25.7 Å². The molecule has 0 aromatic rings. The minimum absolute atomic E-state index is 0.578. The Labute approximate surface area is 216 Å². The monoisotopic (exact) mass is 561 g/mol. The summed E-state index contributed by atoms with van der Waals surface area (Å²) in [6.07, 6.45) is 8.51. The fraction of sp³-hybridized carbons (Fsp3) is 1.00. The van der Waals surface area contributed by atoms with Crippen LogP contribution in [0.3, 0.4) is 0 Å². The van der Waals surface area contributed by atoms with Crippen LogP contribution in [0.25, 0.3) is 0 Å². The molecule has 3 radical (unpaired) electrons. The summed E-state index contributed by atoms with van der Waals surface area (Å²) in [6, 6.07) is 4.03. The molecule has 0 aliphatic heterocycles. The topological polar surface area (TPSA) is 27.7 Å². The zero-order valence-electron chi connectivity index (χ0n) is 24.3. The van der Waals surface area contributed by atoms with Gasteiger partial charge >= 0.3 is 0 Å². The molecular formula is C24H57O3Si6. The highest BCUT2D eigenvalue weighted by molar-refractivity contribution is 6.78.